The first-order valence-corrected chi connectivity index (χ1v) is 6.70. The zero-order chi connectivity index (χ0) is 14.4. The Morgan fingerprint density at radius 1 is 0.850 bits per heavy atom. The van der Waals surface area contributed by atoms with Gasteiger partial charge in [0.2, 0.25) is 10.4 Å². The number of aryl methyl sites for hydroxylation is 1. The van der Waals surface area contributed by atoms with E-state index in [9.17, 15) is 0 Å². The lowest BCUT2D eigenvalue weighted by Crippen LogP contribution is -1.98. The first kappa shape index (κ1) is 13.8. The van der Waals surface area contributed by atoms with Crippen molar-refractivity contribution in [1.29, 1.82) is 0 Å². The zero-order valence-corrected chi connectivity index (χ0v) is 11.9. The summed E-state index contributed by atoms with van der Waals surface area (Å²) in [5.74, 6) is 0.561. The van der Waals surface area contributed by atoms with Crippen LogP contribution in [0.3, 0.4) is 0 Å². The lowest BCUT2D eigenvalue weighted by molar-refractivity contribution is -0.0821. The standard InChI is InChI=1S/C14H11N4.C2H6/c1-10-6-8-11(9-7-10)12-4-2-3-5-13(12)14-15-17-18-16-14;1-2/h2-9H,1H3;1-2H3/q+1;. The third kappa shape index (κ3) is 2.87. The van der Waals surface area contributed by atoms with E-state index >= 15 is 0 Å². The summed E-state index contributed by atoms with van der Waals surface area (Å²) in [6.45, 7) is 6.07. The molecule has 0 N–H and O–H groups in total. The molecule has 1 aliphatic rings. The van der Waals surface area contributed by atoms with Crippen LogP contribution in [-0.4, -0.2) is 10.6 Å². The normalized spacial score (nSPS) is 11.8. The molecule has 0 atom stereocenters. The summed E-state index contributed by atoms with van der Waals surface area (Å²) in [4.78, 5) is 3.92. The predicted molar refractivity (Wildman–Crippen MR) is 79.6 cm³/mol. The molecular weight excluding hydrogens is 248 g/mol. The molecule has 0 saturated heterocycles. The highest BCUT2D eigenvalue weighted by atomic mass is 15.5. The summed E-state index contributed by atoms with van der Waals surface area (Å²) in [5, 5.41) is 11.0. The van der Waals surface area contributed by atoms with Gasteiger partial charge in [-0.25, -0.2) is 0 Å². The monoisotopic (exact) mass is 265 g/mol. The third-order valence-corrected chi connectivity index (χ3v) is 2.85. The highest BCUT2D eigenvalue weighted by Gasteiger charge is 2.21. The SMILES string of the molecule is CC.Cc1ccc(-c2ccccc2C2=[N+]=NN=N2)cc1. The Balaban J connectivity index is 0.000000704. The van der Waals surface area contributed by atoms with Crippen LogP contribution in [0.15, 0.2) is 64.1 Å². The largest absolute Gasteiger partial charge is 0.428 e. The number of nitrogens with zero attached hydrogens (tertiary/aromatic N) is 4. The van der Waals surface area contributed by atoms with Gasteiger partial charge < -0.3 is 0 Å². The summed E-state index contributed by atoms with van der Waals surface area (Å²) < 4.78 is 0. The Kier molecular flexibility index (Phi) is 4.53. The van der Waals surface area contributed by atoms with Crippen molar-refractivity contribution >= 4 is 5.84 Å². The van der Waals surface area contributed by atoms with E-state index in [0.717, 1.165) is 16.7 Å². The first-order valence-electron chi connectivity index (χ1n) is 6.70. The second-order valence-electron chi connectivity index (χ2n) is 4.11. The van der Waals surface area contributed by atoms with E-state index in [1.807, 2.05) is 32.0 Å². The van der Waals surface area contributed by atoms with Gasteiger partial charge in [-0.2, -0.15) is 0 Å². The van der Waals surface area contributed by atoms with Crippen molar-refractivity contribution in [2.24, 2.45) is 15.6 Å². The van der Waals surface area contributed by atoms with Gasteiger partial charge in [0, 0.05) is 0 Å². The van der Waals surface area contributed by atoms with E-state index < -0.39 is 0 Å². The van der Waals surface area contributed by atoms with Crippen LogP contribution in [0.1, 0.15) is 25.0 Å². The summed E-state index contributed by atoms with van der Waals surface area (Å²) in [5.41, 5.74) is 4.42. The van der Waals surface area contributed by atoms with Gasteiger partial charge in [-0.1, -0.05) is 66.7 Å². The van der Waals surface area contributed by atoms with Gasteiger partial charge in [0.1, 0.15) is 5.11 Å². The van der Waals surface area contributed by atoms with Crippen LogP contribution in [0.5, 0.6) is 0 Å². The van der Waals surface area contributed by atoms with Crippen molar-refractivity contribution in [1.82, 2.24) is 0 Å². The van der Waals surface area contributed by atoms with Crippen molar-refractivity contribution in [2.75, 3.05) is 0 Å². The average molecular weight is 265 g/mol. The van der Waals surface area contributed by atoms with E-state index in [1.54, 1.807) is 0 Å². The van der Waals surface area contributed by atoms with Gasteiger partial charge in [-0.05, 0) is 24.1 Å². The molecule has 2 aromatic carbocycles. The molecule has 1 heterocycles. The van der Waals surface area contributed by atoms with Gasteiger partial charge >= 0.3 is 5.84 Å². The Hall–Kier alpha value is -2.58. The topological polar surface area (TPSA) is 51.2 Å². The van der Waals surface area contributed by atoms with Gasteiger partial charge in [-0.15, -0.1) is 0 Å². The van der Waals surface area contributed by atoms with E-state index in [2.05, 4.69) is 57.6 Å². The van der Waals surface area contributed by atoms with Crippen LogP contribution < -0.4 is 0 Å². The van der Waals surface area contributed by atoms with Crippen LogP contribution in [0.25, 0.3) is 11.1 Å². The van der Waals surface area contributed by atoms with Gasteiger partial charge in [0.05, 0.1) is 5.56 Å². The minimum atomic E-state index is 0.561. The quantitative estimate of drug-likeness (QED) is 0.719. The second-order valence-corrected chi connectivity index (χ2v) is 4.11. The third-order valence-electron chi connectivity index (χ3n) is 2.85. The molecule has 0 bridgehead atoms. The van der Waals surface area contributed by atoms with Gasteiger partial charge in [0.25, 0.3) is 0 Å². The summed E-state index contributed by atoms with van der Waals surface area (Å²) in [6, 6.07) is 16.4. The Bertz CT molecular complexity index is 678. The number of amidine groups is 1. The molecule has 4 heteroatoms. The lowest BCUT2D eigenvalue weighted by Gasteiger charge is -2.04. The van der Waals surface area contributed by atoms with Crippen molar-refractivity contribution in [3.63, 3.8) is 0 Å². The Morgan fingerprint density at radius 3 is 2.10 bits per heavy atom. The fraction of sp³-hybridized carbons (Fsp3) is 0.188. The van der Waals surface area contributed by atoms with Crippen LogP contribution in [0.4, 0.5) is 0 Å². The van der Waals surface area contributed by atoms with Crippen molar-refractivity contribution in [2.45, 2.75) is 20.8 Å². The molecular formula is C16H17N4+. The maximum absolute atomic E-state index is 3.92. The number of hydrogen-bond acceptors (Lipinski definition) is 3. The molecule has 0 saturated carbocycles. The summed E-state index contributed by atoms with van der Waals surface area (Å²) in [6.07, 6.45) is 0. The molecule has 100 valence electrons. The molecule has 2 aromatic rings. The van der Waals surface area contributed by atoms with Crippen LogP contribution in [0.2, 0.25) is 0 Å². The van der Waals surface area contributed by atoms with Crippen molar-refractivity contribution in [3.05, 3.63) is 59.7 Å². The molecule has 0 spiro atoms. The van der Waals surface area contributed by atoms with E-state index in [0.29, 0.717) is 5.84 Å². The molecule has 3 rings (SSSR count). The Labute approximate surface area is 118 Å². The molecule has 0 unspecified atom stereocenters. The van der Waals surface area contributed by atoms with E-state index in [-0.39, 0.29) is 0 Å². The zero-order valence-electron chi connectivity index (χ0n) is 11.9. The molecule has 20 heavy (non-hydrogen) atoms. The van der Waals surface area contributed by atoms with E-state index in [4.69, 9.17) is 0 Å². The summed E-state index contributed by atoms with van der Waals surface area (Å²) >= 11 is 0. The van der Waals surface area contributed by atoms with Crippen molar-refractivity contribution < 1.29 is 4.79 Å². The average Bonchev–Trinajstić information content (AvgIpc) is 3.04. The summed E-state index contributed by atoms with van der Waals surface area (Å²) in [7, 11) is 0. The number of hydrogen-bond donors (Lipinski definition) is 0. The molecule has 0 radical (unpaired) electrons. The van der Waals surface area contributed by atoms with Crippen LogP contribution >= 0.6 is 0 Å². The minimum absolute atomic E-state index is 0.561. The molecule has 0 aliphatic carbocycles. The van der Waals surface area contributed by atoms with Gasteiger partial charge in [0.15, 0.2) is 0 Å². The fourth-order valence-electron chi connectivity index (χ4n) is 1.92. The maximum atomic E-state index is 3.92. The molecule has 1 aliphatic heterocycles. The smallest absolute Gasteiger partial charge is 0.0995 e. The highest BCUT2D eigenvalue weighted by Crippen LogP contribution is 2.24. The fourth-order valence-corrected chi connectivity index (χ4v) is 1.92. The van der Waals surface area contributed by atoms with Crippen LogP contribution in [-0.2, 0) is 0 Å². The molecule has 4 nitrogen and oxygen atoms in total. The van der Waals surface area contributed by atoms with Crippen molar-refractivity contribution in [3.8, 4) is 11.1 Å². The minimum Gasteiger partial charge on any atom is -0.0995 e. The molecule has 0 aromatic heterocycles. The van der Waals surface area contributed by atoms with Gasteiger partial charge in [-0.3, -0.25) is 0 Å². The first-order chi connectivity index (χ1) is 9.84. The lowest BCUT2D eigenvalue weighted by atomic mass is 9.98. The second kappa shape index (κ2) is 6.55. The molecule has 0 fully saturated rings. The van der Waals surface area contributed by atoms with Crippen LogP contribution in [0, 0.1) is 6.92 Å². The predicted octanol–water partition coefficient (Wildman–Crippen LogP) is 4.48. The Morgan fingerprint density at radius 2 is 1.50 bits per heavy atom. The maximum Gasteiger partial charge on any atom is 0.428 e. The number of benzene rings is 2. The van der Waals surface area contributed by atoms with E-state index in [1.165, 1.54) is 5.56 Å². The number of rotatable bonds is 2. The molecule has 0 amide bonds. The highest BCUT2D eigenvalue weighted by molar-refractivity contribution is 6.01.